The Labute approximate surface area is 99.2 Å². The summed E-state index contributed by atoms with van der Waals surface area (Å²) in [6.45, 7) is 2.82. The van der Waals surface area contributed by atoms with Crippen LogP contribution in [0.4, 0.5) is 4.79 Å². The molecular weight excluding hydrogens is 226 g/mol. The SMILES string of the molecule is Cc1ccc(C2=CCN(C(=O)Cl)OC2)cc1. The highest BCUT2D eigenvalue weighted by molar-refractivity contribution is 6.62. The standard InChI is InChI=1S/C12H12ClNO2/c1-9-2-4-10(5-3-9)11-6-7-14(12(13)15)16-8-11/h2-6H,7-8H2,1H3. The maximum Gasteiger partial charge on any atom is 0.340 e. The maximum atomic E-state index is 10.8. The summed E-state index contributed by atoms with van der Waals surface area (Å²) in [5, 5.41) is 0.554. The summed E-state index contributed by atoms with van der Waals surface area (Å²) in [7, 11) is 0. The summed E-state index contributed by atoms with van der Waals surface area (Å²) >= 11 is 5.30. The van der Waals surface area contributed by atoms with Crippen molar-refractivity contribution in [2.75, 3.05) is 13.2 Å². The molecular formula is C12H12ClNO2. The first kappa shape index (κ1) is 11.2. The lowest BCUT2D eigenvalue weighted by Gasteiger charge is -2.23. The van der Waals surface area contributed by atoms with E-state index in [2.05, 4.69) is 12.1 Å². The molecule has 0 unspecified atom stereocenters. The van der Waals surface area contributed by atoms with Crippen molar-refractivity contribution in [1.29, 1.82) is 0 Å². The van der Waals surface area contributed by atoms with E-state index >= 15 is 0 Å². The van der Waals surface area contributed by atoms with Crippen LogP contribution in [0.1, 0.15) is 11.1 Å². The van der Waals surface area contributed by atoms with Crippen LogP contribution in [0.15, 0.2) is 30.3 Å². The van der Waals surface area contributed by atoms with E-state index in [0.29, 0.717) is 13.2 Å². The number of aryl methyl sites for hydroxylation is 1. The Bertz CT molecular complexity index is 425. The first-order valence-electron chi connectivity index (χ1n) is 5.03. The number of benzene rings is 1. The fraction of sp³-hybridized carbons (Fsp3) is 0.250. The highest BCUT2D eigenvalue weighted by Crippen LogP contribution is 2.20. The zero-order valence-corrected chi connectivity index (χ0v) is 9.70. The van der Waals surface area contributed by atoms with Gasteiger partial charge < -0.3 is 0 Å². The summed E-state index contributed by atoms with van der Waals surface area (Å²) < 4.78 is 0. The van der Waals surface area contributed by atoms with Gasteiger partial charge >= 0.3 is 5.37 Å². The molecule has 1 aromatic rings. The third kappa shape index (κ3) is 2.43. The zero-order chi connectivity index (χ0) is 11.5. The molecule has 1 aliphatic rings. The summed E-state index contributed by atoms with van der Waals surface area (Å²) in [5.74, 6) is 0. The fourth-order valence-corrected chi connectivity index (χ4v) is 1.66. The first-order valence-corrected chi connectivity index (χ1v) is 5.40. The van der Waals surface area contributed by atoms with Gasteiger partial charge in [-0.15, -0.1) is 0 Å². The molecule has 1 aliphatic heterocycles. The lowest BCUT2D eigenvalue weighted by Crippen LogP contribution is -2.30. The minimum Gasteiger partial charge on any atom is -0.265 e. The fourth-order valence-electron chi connectivity index (χ4n) is 1.54. The van der Waals surface area contributed by atoms with Crippen LogP contribution in [0.25, 0.3) is 5.57 Å². The van der Waals surface area contributed by atoms with Gasteiger partial charge in [-0.2, -0.15) is 0 Å². The van der Waals surface area contributed by atoms with Gasteiger partial charge in [0.1, 0.15) is 6.61 Å². The van der Waals surface area contributed by atoms with Gasteiger partial charge in [-0.05, 0) is 29.7 Å². The molecule has 16 heavy (non-hydrogen) atoms. The predicted octanol–water partition coefficient (Wildman–Crippen LogP) is 2.98. The Morgan fingerprint density at radius 2 is 2.06 bits per heavy atom. The smallest absolute Gasteiger partial charge is 0.265 e. The van der Waals surface area contributed by atoms with Crippen molar-refractivity contribution in [2.45, 2.75) is 6.92 Å². The minimum absolute atomic E-state index is 0.377. The highest BCUT2D eigenvalue weighted by Gasteiger charge is 2.16. The average Bonchev–Trinajstić information content (AvgIpc) is 2.30. The first-order chi connectivity index (χ1) is 7.66. The molecule has 0 bridgehead atoms. The molecule has 0 fully saturated rings. The van der Waals surface area contributed by atoms with Gasteiger partial charge in [-0.3, -0.25) is 9.63 Å². The summed E-state index contributed by atoms with van der Waals surface area (Å²) in [4.78, 5) is 16.0. The Kier molecular flexibility index (Phi) is 3.27. The van der Waals surface area contributed by atoms with Crippen LogP contribution in [0.5, 0.6) is 0 Å². The number of halogens is 1. The predicted molar refractivity (Wildman–Crippen MR) is 63.1 cm³/mol. The summed E-state index contributed by atoms with van der Waals surface area (Å²) in [6.07, 6.45) is 1.95. The zero-order valence-electron chi connectivity index (χ0n) is 8.94. The largest absolute Gasteiger partial charge is 0.340 e. The third-order valence-corrected chi connectivity index (χ3v) is 2.69. The minimum atomic E-state index is -0.584. The van der Waals surface area contributed by atoms with E-state index in [9.17, 15) is 4.79 Å². The monoisotopic (exact) mass is 237 g/mol. The number of nitrogens with zero attached hydrogens (tertiary/aromatic N) is 1. The Morgan fingerprint density at radius 3 is 2.56 bits per heavy atom. The van der Waals surface area contributed by atoms with Crippen LogP contribution >= 0.6 is 11.6 Å². The van der Waals surface area contributed by atoms with Gasteiger partial charge in [0, 0.05) is 0 Å². The van der Waals surface area contributed by atoms with E-state index in [-0.39, 0.29) is 0 Å². The molecule has 84 valence electrons. The van der Waals surface area contributed by atoms with Gasteiger partial charge in [0.25, 0.3) is 0 Å². The van der Waals surface area contributed by atoms with Crippen molar-refractivity contribution >= 4 is 22.5 Å². The average molecular weight is 238 g/mol. The number of hydrogen-bond donors (Lipinski definition) is 0. The van der Waals surface area contributed by atoms with Crippen molar-refractivity contribution in [2.24, 2.45) is 0 Å². The van der Waals surface area contributed by atoms with Crippen molar-refractivity contribution in [3.05, 3.63) is 41.5 Å². The van der Waals surface area contributed by atoms with E-state index < -0.39 is 5.37 Å². The molecule has 0 aliphatic carbocycles. The van der Waals surface area contributed by atoms with Crippen molar-refractivity contribution in [1.82, 2.24) is 5.06 Å². The number of carbonyl (C=O) groups is 1. The molecule has 2 rings (SSSR count). The molecule has 0 radical (unpaired) electrons. The van der Waals surface area contributed by atoms with Crippen molar-refractivity contribution in [3.63, 3.8) is 0 Å². The van der Waals surface area contributed by atoms with E-state index in [1.54, 1.807) is 0 Å². The van der Waals surface area contributed by atoms with Crippen molar-refractivity contribution in [3.8, 4) is 0 Å². The van der Waals surface area contributed by atoms with Gasteiger partial charge in [0.05, 0.1) is 6.54 Å². The van der Waals surface area contributed by atoms with Gasteiger partial charge in [-0.25, -0.2) is 5.06 Å². The topological polar surface area (TPSA) is 29.5 Å². The number of hydroxylamine groups is 2. The quantitative estimate of drug-likeness (QED) is 0.555. The lowest BCUT2D eigenvalue weighted by molar-refractivity contribution is -0.0914. The number of hydrogen-bond acceptors (Lipinski definition) is 2. The molecule has 1 amide bonds. The van der Waals surface area contributed by atoms with E-state index in [4.69, 9.17) is 16.4 Å². The molecule has 1 aromatic carbocycles. The van der Waals surface area contributed by atoms with Crippen LogP contribution in [0, 0.1) is 6.92 Å². The Hall–Kier alpha value is -1.32. The molecule has 0 aromatic heterocycles. The van der Waals surface area contributed by atoms with Crippen LogP contribution in [0.2, 0.25) is 0 Å². The molecule has 0 atom stereocenters. The number of amides is 1. The van der Waals surface area contributed by atoms with Crippen LogP contribution in [-0.2, 0) is 4.84 Å². The second-order valence-corrected chi connectivity index (χ2v) is 4.01. The molecule has 1 heterocycles. The highest BCUT2D eigenvalue weighted by atomic mass is 35.5. The molecule has 0 N–H and O–H groups in total. The second kappa shape index (κ2) is 4.68. The van der Waals surface area contributed by atoms with Gasteiger partial charge in [-0.1, -0.05) is 35.9 Å². The van der Waals surface area contributed by atoms with Crippen molar-refractivity contribution < 1.29 is 9.63 Å². The summed E-state index contributed by atoms with van der Waals surface area (Å²) in [5.41, 5.74) is 3.42. The van der Waals surface area contributed by atoms with E-state index in [1.165, 1.54) is 5.56 Å². The Balaban J connectivity index is 2.13. The third-order valence-electron chi connectivity index (χ3n) is 2.50. The Morgan fingerprint density at radius 1 is 1.38 bits per heavy atom. The molecule has 0 saturated carbocycles. The molecule has 0 spiro atoms. The molecule has 3 nitrogen and oxygen atoms in total. The van der Waals surface area contributed by atoms with E-state index in [0.717, 1.165) is 16.2 Å². The second-order valence-electron chi connectivity index (χ2n) is 3.68. The number of carbonyl (C=O) groups excluding carboxylic acids is 1. The maximum absolute atomic E-state index is 10.8. The van der Waals surface area contributed by atoms with Crippen LogP contribution in [-0.4, -0.2) is 23.6 Å². The van der Waals surface area contributed by atoms with Crippen LogP contribution in [0.3, 0.4) is 0 Å². The van der Waals surface area contributed by atoms with Crippen LogP contribution < -0.4 is 0 Å². The van der Waals surface area contributed by atoms with E-state index in [1.807, 2.05) is 25.1 Å². The van der Waals surface area contributed by atoms with Gasteiger partial charge in [0.15, 0.2) is 0 Å². The molecule has 4 heteroatoms. The molecule has 0 saturated heterocycles. The van der Waals surface area contributed by atoms with Gasteiger partial charge in [0.2, 0.25) is 0 Å². The lowest BCUT2D eigenvalue weighted by atomic mass is 10.0. The normalized spacial score (nSPS) is 15.9. The summed E-state index contributed by atoms with van der Waals surface area (Å²) in [6, 6.07) is 8.19. The number of rotatable bonds is 1.